The molecule has 3 nitrogen and oxygen atoms in total. The Balaban J connectivity index is 1.95. The van der Waals surface area contributed by atoms with Gasteiger partial charge in [-0.25, -0.2) is 0 Å². The Morgan fingerprint density at radius 2 is 2.00 bits per heavy atom. The molecule has 0 bridgehead atoms. The van der Waals surface area contributed by atoms with Crippen LogP contribution in [0.2, 0.25) is 0 Å². The number of methoxy groups -OCH3 is 1. The van der Waals surface area contributed by atoms with E-state index in [-0.39, 0.29) is 0 Å². The second kappa shape index (κ2) is 6.40. The molecule has 1 N–H and O–H groups in total. The zero-order valence-corrected chi connectivity index (χ0v) is 12.6. The molecule has 3 heteroatoms. The smallest absolute Gasteiger partial charge is 0.124 e. The van der Waals surface area contributed by atoms with E-state index < -0.39 is 0 Å². The van der Waals surface area contributed by atoms with Gasteiger partial charge in [-0.15, -0.1) is 0 Å². The van der Waals surface area contributed by atoms with E-state index in [1.165, 1.54) is 23.1 Å². The monoisotopic (exact) mass is 262 g/mol. The van der Waals surface area contributed by atoms with E-state index >= 15 is 0 Å². The lowest BCUT2D eigenvalue weighted by Crippen LogP contribution is -2.34. The average molecular weight is 262 g/mol. The van der Waals surface area contributed by atoms with Gasteiger partial charge >= 0.3 is 0 Å². The van der Waals surface area contributed by atoms with Crippen molar-refractivity contribution in [3.8, 4) is 5.75 Å². The summed E-state index contributed by atoms with van der Waals surface area (Å²) in [5, 5.41) is 3.43. The second-order valence-electron chi connectivity index (χ2n) is 5.64. The topological polar surface area (TPSA) is 24.5 Å². The predicted octanol–water partition coefficient (Wildman–Crippen LogP) is 2.15. The lowest BCUT2D eigenvalue weighted by molar-refractivity contribution is 0.260. The fraction of sp³-hybridized carbons (Fsp3) is 0.625. The second-order valence-corrected chi connectivity index (χ2v) is 5.64. The Morgan fingerprint density at radius 3 is 2.53 bits per heavy atom. The van der Waals surface area contributed by atoms with E-state index in [4.69, 9.17) is 4.74 Å². The first-order valence-electron chi connectivity index (χ1n) is 7.17. The van der Waals surface area contributed by atoms with Crippen molar-refractivity contribution in [2.75, 3.05) is 33.8 Å². The van der Waals surface area contributed by atoms with Crippen molar-refractivity contribution in [3.63, 3.8) is 0 Å². The zero-order valence-electron chi connectivity index (χ0n) is 12.6. The van der Waals surface area contributed by atoms with Gasteiger partial charge < -0.3 is 15.0 Å². The molecule has 0 radical (unpaired) electrons. The van der Waals surface area contributed by atoms with Gasteiger partial charge in [0.15, 0.2) is 0 Å². The highest BCUT2D eigenvalue weighted by Crippen LogP contribution is 2.24. The number of nitrogens with one attached hydrogen (secondary N) is 1. The average Bonchev–Trinajstić information content (AvgIpc) is 2.89. The summed E-state index contributed by atoms with van der Waals surface area (Å²) >= 11 is 0. The van der Waals surface area contributed by atoms with Crippen LogP contribution in [0.3, 0.4) is 0 Å². The summed E-state index contributed by atoms with van der Waals surface area (Å²) in [6.45, 7) is 7.67. The van der Waals surface area contributed by atoms with Crippen LogP contribution >= 0.6 is 0 Å². The number of ether oxygens (including phenoxy) is 1. The molecular weight excluding hydrogens is 236 g/mol. The lowest BCUT2D eigenvalue weighted by atomic mass is 10.0. The van der Waals surface area contributed by atoms with E-state index in [9.17, 15) is 0 Å². The van der Waals surface area contributed by atoms with Crippen LogP contribution in [0.4, 0.5) is 0 Å². The molecule has 1 saturated heterocycles. The van der Waals surface area contributed by atoms with Crippen LogP contribution in [-0.2, 0) is 6.42 Å². The Bertz CT molecular complexity index is 402. The van der Waals surface area contributed by atoms with Gasteiger partial charge in [-0.05, 0) is 57.0 Å². The minimum Gasteiger partial charge on any atom is -0.496 e. The van der Waals surface area contributed by atoms with Crippen molar-refractivity contribution >= 4 is 0 Å². The molecule has 1 heterocycles. The number of hydrogen-bond acceptors (Lipinski definition) is 3. The first-order chi connectivity index (χ1) is 9.11. The quantitative estimate of drug-likeness (QED) is 0.880. The molecule has 1 fully saturated rings. The zero-order chi connectivity index (χ0) is 13.8. The van der Waals surface area contributed by atoms with Gasteiger partial charge in [-0.2, -0.15) is 0 Å². The van der Waals surface area contributed by atoms with Crippen molar-refractivity contribution in [2.24, 2.45) is 0 Å². The third-order valence-corrected chi connectivity index (χ3v) is 4.14. The number of hydrogen-bond donors (Lipinski definition) is 1. The summed E-state index contributed by atoms with van der Waals surface area (Å²) in [6, 6.07) is 5.22. The van der Waals surface area contributed by atoms with E-state index in [1.54, 1.807) is 7.11 Å². The standard InChI is InChI=1S/C16H26N2O/c1-12-9-14(10-13(2)16(12)19-4)6-8-18(3)15-5-7-17-11-15/h9-10,15,17H,5-8,11H2,1-4H3. The number of likely N-dealkylation sites (N-methyl/N-ethyl adjacent to an activating group) is 1. The molecule has 1 atom stereocenters. The van der Waals surface area contributed by atoms with Gasteiger partial charge in [0.2, 0.25) is 0 Å². The molecule has 2 rings (SSSR count). The molecule has 19 heavy (non-hydrogen) atoms. The molecule has 1 unspecified atom stereocenters. The Kier molecular flexibility index (Phi) is 4.83. The van der Waals surface area contributed by atoms with Crippen LogP contribution in [0.25, 0.3) is 0 Å². The van der Waals surface area contributed by atoms with E-state index in [0.29, 0.717) is 6.04 Å². The van der Waals surface area contributed by atoms with Gasteiger partial charge in [0.05, 0.1) is 7.11 Å². The Labute approximate surface area is 116 Å². The number of benzene rings is 1. The molecule has 0 aromatic heterocycles. The summed E-state index contributed by atoms with van der Waals surface area (Å²) in [5.41, 5.74) is 3.89. The first-order valence-corrected chi connectivity index (χ1v) is 7.17. The third-order valence-electron chi connectivity index (χ3n) is 4.14. The van der Waals surface area contributed by atoms with Crippen LogP contribution in [0.1, 0.15) is 23.1 Å². The minimum atomic E-state index is 0.709. The first kappa shape index (κ1) is 14.4. The molecule has 0 amide bonds. The lowest BCUT2D eigenvalue weighted by Gasteiger charge is -2.23. The van der Waals surface area contributed by atoms with E-state index in [0.717, 1.165) is 31.8 Å². The van der Waals surface area contributed by atoms with Gasteiger partial charge in [0.25, 0.3) is 0 Å². The minimum absolute atomic E-state index is 0.709. The van der Waals surface area contributed by atoms with E-state index in [1.807, 2.05) is 0 Å². The Morgan fingerprint density at radius 1 is 1.32 bits per heavy atom. The molecule has 1 aromatic rings. The SMILES string of the molecule is COc1c(C)cc(CCN(C)C2CCNC2)cc1C. The van der Waals surface area contributed by atoms with Crippen molar-refractivity contribution in [3.05, 3.63) is 28.8 Å². The van der Waals surface area contributed by atoms with Gasteiger partial charge in [0, 0.05) is 19.1 Å². The highest BCUT2D eigenvalue weighted by molar-refractivity contribution is 5.43. The summed E-state index contributed by atoms with van der Waals surface area (Å²) in [5.74, 6) is 1.03. The number of nitrogens with zero attached hydrogens (tertiary/aromatic N) is 1. The van der Waals surface area contributed by atoms with Crippen LogP contribution in [-0.4, -0.2) is 44.7 Å². The van der Waals surface area contributed by atoms with E-state index in [2.05, 4.69) is 43.2 Å². The van der Waals surface area contributed by atoms with Crippen molar-refractivity contribution < 1.29 is 4.74 Å². The fourth-order valence-corrected chi connectivity index (χ4v) is 3.01. The summed E-state index contributed by atoms with van der Waals surface area (Å²) in [4.78, 5) is 2.48. The molecule has 0 spiro atoms. The summed E-state index contributed by atoms with van der Waals surface area (Å²) in [6.07, 6.45) is 2.38. The largest absolute Gasteiger partial charge is 0.496 e. The predicted molar refractivity (Wildman–Crippen MR) is 80.1 cm³/mol. The molecule has 1 aromatic carbocycles. The van der Waals surface area contributed by atoms with Crippen LogP contribution in [0.5, 0.6) is 5.75 Å². The molecule has 0 saturated carbocycles. The normalized spacial score (nSPS) is 19.1. The van der Waals surface area contributed by atoms with Crippen molar-refractivity contribution in [1.82, 2.24) is 10.2 Å². The van der Waals surface area contributed by atoms with Gasteiger partial charge in [-0.3, -0.25) is 0 Å². The van der Waals surface area contributed by atoms with Gasteiger partial charge in [0.1, 0.15) is 5.75 Å². The van der Waals surface area contributed by atoms with Crippen molar-refractivity contribution in [1.29, 1.82) is 0 Å². The number of rotatable bonds is 5. The van der Waals surface area contributed by atoms with Crippen molar-refractivity contribution in [2.45, 2.75) is 32.7 Å². The Hall–Kier alpha value is -1.06. The maximum absolute atomic E-state index is 5.42. The summed E-state index contributed by atoms with van der Waals surface area (Å²) < 4.78 is 5.42. The van der Waals surface area contributed by atoms with Crippen LogP contribution in [0, 0.1) is 13.8 Å². The molecule has 106 valence electrons. The molecule has 0 aliphatic carbocycles. The highest BCUT2D eigenvalue weighted by Gasteiger charge is 2.18. The molecular formula is C16H26N2O. The molecule has 1 aliphatic rings. The maximum atomic E-state index is 5.42. The third kappa shape index (κ3) is 3.48. The highest BCUT2D eigenvalue weighted by atomic mass is 16.5. The van der Waals surface area contributed by atoms with Gasteiger partial charge in [-0.1, -0.05) is 12.1 Å². The maximum Gasteiger partial charge on any atom is 0.124 e. The number of aryl methyl sites for hydroxylation is 2. The van der Waals surface area contributed by atoms with Crippen LogP contribution < -0.4 is 10.1 Å². The fourth-order valence-electron chi connectivity index (χ4n) is 3.01. The summed E-state index contributed by atoms with van der Waals surface area (Å²) in [7, 11) is 3.98. The molecule has 1 aliphatic heterocycles. The van der Waals surface area contributed by atoms with Crippen LogP contribution in [0.15, 0.2) is 12.1 Å².